The van der Waals surface area contributed by atoms with Crippen molar-refractivity contribution in [3.63, 3.8) is 0 Å². The molecular weight excluding hydrogens is 260 g/mol. The number of carbonyl (C=O) groups is 1. The number of carbonyl (C=O) groups excluding carboxylic acids is 1. The van der Waals surface area contributed by atoms with Crippen molar-refractivity contribution in [1.29, 1.82) is 0 Å². The van der Waals surface area contributed by atoms with Crippen molar-refractivity contribution in [3.05, 3.63) is 35.9 Å². The molecule has 4 atom stereocenters. The topological polar surface area (TPSA) is 32.3 Å². The molecule has 2 fully saturated rings. The van der Waals surface area contributed by atoms with Crippen LogP contribution in [0.25, 0.3) is 0 Å². The third-order valence-electron chi connectivity index (χ3n) is 5.33. The molecule has 4 unspecified atom stereocenters. The van der Waals surface area contributed by atoms with Gasteiger partial charge in [0.2, 0.25) is 5.91 Å². The summed E-state index contributed by atoms with van der Waals surface area (Å²) in [6, 6.07) is 10.7. The Kier molecular flexibility index (Phi) is 4.29. The van der Waals surface area contributed by atoms with Crippen LogP contribution in [0.15, 0.2) is 30.3 Å². The van der Waals surface area contributed by atoms with E-state index in [9.17, 15) is 4.79 Å². The highest BCUT2D eigenvalue weighted by Gasteiger charge is 2.46. The molecular formula is C18H26N2O. The second-order valence-corrected chi connectivity index (χ2v) is 6.42. The standard InChI is InChI=1S/C18H26N2O/c1-3-15(13-8-6-5-7-9-13)18(21)20-12-14-10-19-11-16(14)17(20)4-2/h5-9,14-17,19H,3-4,10-12H2,1-2H3. The zero-order valence-electron chi connectivity index (χ0n) is 13.1. The van der Waals surface area contributed by atoms with E-state index in [2.05, 4.69) is 36.2 Å². The number of rotatable bonds is 4. The second-order valence-electron chi connectivity index (χ2n) is 6.42. The van der Waals surface area contributed by atoms with E-state index in [0.29, 0.717) is 23.8 Å². The first-order chi connectivity index (χ1) is 10.3. The highest BCUT2D eigenvalue weighted by atomic mass is 16.2. The van der Waals surface area contributed by atoms with Crippen molar-refractivity contribution in [2.45, 2.75) is 38.6 Å². The van der Waals surface area contributed by atoms with Gasteiger partial charge < -0.3 is 10.2 Å². The molecule has 3 heteroatoms. The quantitative estimate of drug-likeness (QED) is 0.923. The van der Waals surface area contributed by atoms with Gasteiger partial charge in [-0.05, 0) is 30.2 Å². The maximum atomic E-state index is 13.1. The molecule has 2 aliphatic rings. The lowest BCUT2D eigenvalue weighted by Gasteiger charge is -2.30. The summed E-state index contributed by atoms with van der Waals surface area (Å²) in [5.74, 6) is 1.68. The fraction of sp³-hybridized carbons (Fsp3) is 0.611. The third kappa shape index (κ3) is 2.59. The van der Waals surface area contributed by atoms with E-state index in [-0.39, 0.29) is 5.92 Å². The first-order valence-electron chi connectivity index (χ1n) is 8.32. The molecule has 0 bridgehead atoms. The summed E-state index contributed by atoms with van der Waals surface area (Å²) in [6.07, 6.45) is 1.95. The van der Waals surface area contributed by atoms with Crippen LogP contribution in [0.4, 0.5) is 0 Å². The highest BCUT2D eigenvalue weighted by Crippen LogP contribution is 2.36. The first kappa shape index (κ1) is 14.6. The summed E-state index contributed by atoms with van der Waals surface area (Å²) in [5.41, 5.74) is 1.16. The van der Waals surface area contributed by atoms with Gasteiger partial charge in [0.25, 0.3) is 0 Å². The maximum absolute atomic E-state index is 13.1. The lowest BCUT2D eigenvalue weighted by Crippen LogP contribution is -2.42. The van der Waals surface area contributed by atoms with Gasteiger partial charge in [0.05, 0.1) is 5.92 Å². The number of hydrogen-bond donors (Lipinski definition) is 1. The van der Waals surface area contributed by atoms with Crippen molar-refractivity contribution in [1.82, 2.24) is 10.2 Å². The average Bonchev–Trinajstić information content (AvgIpc) is 3.09. The van der Waals surface area contributed by atoms with Crippen molar-refractivity contribution >= 4 is 5.91 Å². The summed E-state index contributed by atoms with van der Waals surface area (Å²) in [7, 11) is 0. The van der Waals surface area contributed by atoms with E-state index in [4.69, 9.17) is 0 Å². The lowest BCUT2D eigenvalue weighted by molar-refractivity contribution is -0.134. The lowest BCUT2D eigenvalue weighted by atomic mass is 9.92. The number of hydrogen-bond acceptors (Lipinski definition) is 2. The molecule has 0 aliphatic carbocycles. The number of nitrogens with one attached hydrogen (secondary N) is 1. The molecule has 2 aliphatic heterocycles. The Hall–Kier alpha value is -1.35. The van der Waals surface area contributed by atoms with Crippen LogP contribution >= 0.6 is 0 Å². The number of benzene rings is 1. The van der Waals surface area contributed by atoms with E-state index in [1.54, 1.807) is 0 Å². The summed E-state index contributed by atoms with van der Waals surface area (Å²) in [4.78, 5) is 15.3. The van der Waals surface area contributed by atoms with Gasteiger partial charge in [0.15, 0.2) is 0 Å². The average molecular weight is 286 g/mol. The Balaban J connectivity index is 1.80. The molecule has 0 aromatic heterocycles. The minimum absolute atomic E-state index is 0.0204. The van der Waals surface area contributed by atoms with E-state index >= 15 is 0 Å². The van der Waals surface area contributed by atoms with Gasteiger partial charge in [-0.15, -0.1) is 0 Å². The van der Waals surface area contributed by atoms with Crippen molar-refractivity contribution in [2.75, 3.05) is 19.6 Å². The number of fused-ring (bicyclic) bond motifs is 1. The Labute approximate surface area is 127 Å². The normalized spacial score (nSPS) is 29.4. The maximum Gasteiger partial charge on any atom is 0.230 e. The molecule has 2 heterocycles. The molecule has 1 aromatic rings. The molecule has 2 saturated heterocycles. The van der Waals surface area contributed by atoms with Gasteiger partial charge in [-0.25, -0.2) is 0 Å². The summed E-state index contributed by atoms with van der Waals surface area (Å²) >= 11 is 0. The number of amides is 1. The first-order valence-corrected chi connectivity index (χ1v) is 8.32. The van der Waals surface area contributed by atoms with E-state index in [1.165, 1.54) is 0 Å². The zero-order chi connectivity index (χ0) is 14.8. The minimum atomic E-state index is 0.0204. The predicted octanol–water partition coefficient (Wildman–Crippen LogP) is 2.64. The van der Waals surface area contributed by atoms with Gasteiger partial charge in [-0.2, -0.15) is 0 Å². The van der Waals surface area contributed by atoms with Gasteiger partial charge in [0, 0.05) is 25.7 Å². The predicted molar refractivity (Wildman–Crippen MR) is 85.1 cm³/mol. The second kappa shape index (κ2) is 6.18. The largest absolute Gasteiger partial charge is 0.339 e. The molecule has 21 heavy (non-hydrogen) atoms. The Morgan fingerprint density at radius 1 is 1.29 bits per heavy atom. The molecule has 0 spiro atoms. The Morgan fingerprint density at radius 2 is 2.05 bits per heavy atom. The van der Waals surface area contributed by atoms with E-state index < -0.39 is 0 Å². The summed E-state index contributed by atoms with van der Waals surface area (Å²) in [5, 5.41) is 3.48. The van der Waals surface area contributed by atoms with Crippen molar-refractivity contribution in [3.8, 4) is 0 Å². The van der Waals surface area contributed by atoms with E-state index in [0.717, 1.165) is 38.0 Å². The monoisotopic (exact) mass is 286 g/mol. The molecule has 0 radical (unpaired) electrons. The fourth-order valence-electron chi connectivity index (χ4n) is 4.24. The molecule has 114 valence electrons. The molecule has 1 N–H and O–H groups in total. The molecule has 1 amide bonds. The fourth-order valence-corrected chi connectivity index (χ4v) is 4.24. The van der Waals surface area contributed by atoms with Crippen LogP contribution in [0, 0.1) is 11.8 Å². The van der Waals surface area contributed by atoms with Crippen LogP contribution in [-0.2, 0) is 4.79 Å². The van der Waals surface area contributed by atoms with Crippen LogP contribution in [0.2, 0.25) is 0 Å². The Morgan fingerprint density at radius 3 is 2.71 bits per heavy atom. The van der Waals surface area contributed by atoms with Crippen LogP contribution in [0.3, 0.4) is 0 Å². The zero-order valence-corrected chi connectivity index (χ0v) is 13.1. The van der Waals surface area contributed by atoms with Crippen LogP contribution in [-0.4, -0.2) is 36.5 Å². The van der Waals surface area contributed by atoms with Gasteiger partial charge in [-0.3, -0.25) is 4.79 Å². The Bertz CT molecular complexity index is 487. The summed E-state index contributed by atoms with van der Waals surface area (Å²) in [6.45, 7) is 7.44. The number of nitrogens with zero attached hydrogens (tertiary/aromatic N) is 1. The minimum Gasteiger partial charge on any atom is -0.339 e. The van der Waals surface area contributed by atoms with Crippen molar-refractivity contribution in [2.24, 2.45) is 11.8 Å². The SMILES string of the molecule is CCC(C(=O)N1CC2CNCC2C1CC)c1ccccc1. The highest BCUT2D eigenvalue weighted by molar-refractivity contribution is 5.84. The summed E-state index contributed by atoms with van der Waals surface area (Å²) < 4.78 is 0. The van der Waals surface area contributed by atoms with Crippen LogP contribution < -0.4 is 5.32 Å². The molecule has 3 rings (SSSR count). The van der Waals surface area contributed by atoms with Crippen LogP contribution in [0.5, 0.6) is 0 Å². The molecule has 3 nitrogen and oxygen atoms in total. The van der Waals surface area contributed by atoms with Crippen LogP contribution in [0.1, 0.15) is 38.2 Å². The smallest absolute Gasteiger partial charge is 0.230 e. The number of likely N-dealkylation sites (tertiary alicyclic amines) is 1. The van der Waals surface area contributed by atoms with E-state index in [1.807, 2.05) is 18.2 Å². The van der Waals surface area contributed by atoms with Crippen molar-refractivity contribution < 1.29 is 4.79 Å². The third-order valence-corrected chi connectivity index (χ3v) is 5.33. The van der Waals surface area contributed by atoms with Gasteiger partial charge in [-0.1, -0.05) is 44.2 Å². The van der Waals surface area contributed by atoms with Gasteiger partial charge >= 0.3 is 0 Å². The molecule has 0 saturated carbocycles. The van der Waals surface area contributed by atoms with Gasteiger partial charge in [0.1, 0.15) is 0 Å². The molecule has 1 aromatic carbocycles.